The Morgan fingerprint density at radius 1 is 1.29 bits per heavy atom. The van der Waals surface area contributed by atoms with E-state index in [1.807, 2.05) is 20.8 Å². The van der Waals surface area contributed by atoms with Crippen LogP contribution in [0.5, 0.6) is 0 Å². The van der Waals surface area contributed by atoms with Crippen LogP contribution in [0.1, 0.15) is 53.9 Å². The predicted molar refractivity (Wildman–Crippen MR) is 79.9 cm³/mol. The number of carbonyl (C=O) groups excluding carboxylic acids is 1. The Hall–Kier alpha value is -0.810. The molecule has 3 fully saturated rings. The van der Waals surface area contributed by atoms with E-state index < -0.39 is 16.6 Å². The molecule has 5 nitrogen and oxygen atoms in total. The van der Waals surface area contributed by atoms with Crippen molar-refractivity contribution in [2.24, 2.45) is 11.3 Å². The Morgan fingerprint density at radius 2 is 1.90 bits per heavy atom. The highest BCUT2D eigenvalue weighted by atomic mass is 16.6. The maximum Gasteiger partial charge on any atom is 0.410 e. The van der Waals surface area contributed by atoms with Gasteiger partial charge in [0.05, 0.1) is 12.2 Å². The summed E-state index contributed by atoms with van der Waals surface area (Å²) in [6, 6.07) is -0.164. The van der Waals surface area contributed by atoms with Gasteiger partial charge >= 0.3 is 6.09 Å². The number of rotatable bonds is 2. The highest BCUT2D eigenvalue weighted by Gasteiger charge is 2.59. The second-order valence-electron chi connectivity index (χ2n) is 8.17. The van der Waals surface area contributed by atoms with Crippen LogP contribution in [0.4, 0.5) is 4.79 Å². The van der Waals surface area contributed by atoms with Crippen molar-refractivity contribution < 1.29 is 19.7 Å². The van der Waals surface area contributed by atoms with Crippen LogP contribution in [0.2, 0.25) is 0 Å². The van der Waals surface area contributed by atoms with Crippen LogP contribution in [-0.2, 0) is 4.74 Å². The Bertz CT molecular complexity index is 409. The fourth-order valence-electron chi connectivity index (χ4n) is 3.98. The molecule has 1 amide bonds. The van der Waals surface area contributed by atoms with E-state index in [2.05, 4.69) is 0 Å². The minimum absolute atomic E-state index is 0.114. The van der Waals surface area contributed by atoms with Gasteiger partial charge in [0.25, 0.3) is 0 Å². The van der Waals surface area contributed by atoms with E-state index in [0.29, 0.717) is 12.5 Å². The monoisotopic (exact) mass is 299 g/mol. The van der Waals surface area contributed by atoms with E-state index in [-0.39, 0.29) is 18.7 Å². The molecule has 2 N–H and O–H groups in total. The van der Waals surface area contributed by atoms with Crippen molar-refractivity contribution in [3.8, 4) is 0 Å². The minimum Gasteiger partial charge on any atom is -0.444 e. The number of aliphatic hydroxyl groups is 2. The van der Waals surface area contributed by atoms with Gasteiger partial charge < -0.3 is 19.8 Å². The molecule has 122 valence electrons. The van der Waals surface area contributed by atoms with E-state index >= 15 is 0 Å². The van der Waals surface area contributed by atoms with Gasteiger partial charge in [-0.15, -0.1) is 0 Å². The zero-order valence-electron chi connectivity index (χ0n) is 13.8. The molecule has 0 spiro atoms. The van der Waals surface area contributed by atoms with Crippen molar-refractivity contribution in [2.75, 3.05) is 13.2 Å². The van der Waals surface area contributed by atoms with Gasteiger partial charge in [-0.1, -0.05) is 0 Å². The molecular formula is C16H29NO4. The summed E-state index contributed by atoms with van der Waals surface area (Å²) in [6.45, 7) is 9.57. The van der Waals surface area contributed by atoms with Crippen molar-refractivity contribution in [3.63, 3.8) is 0 Å². The summed E-state index contributed by atoms with van der Waals surface area (Å²) in [5.41, 5.74) is -2.23. The molecule has 2 heterocycles. The molecule has 3 atom stereocenters. The first-order chi connectivity index (χ1) is 9.50. The number of nitrogens with zero attached hydrogens (tertiary/aromatic N) is 1. The number of hydrogen-bond acceptors (Lipinski definition) is 4. The first-order valence-corrected chi connectivity index (χ1v) is 7.83. The first kappa shape index (κ1) is 16.6. The third-order valence-electron chi connectivity index (χ3n) is 5.10. The molecule has 2 bridgehead atoms. The third-order valence-corrected chi connectivity index (χ3v) is 5.10. The van der Waals surface area contributed by atoms with Crippen molar-refractivity contribution >= 4 is 6.09 Å². The van der Waals surface area contributed by atoms with E-state index in [1.54, 1.807) is 18.7 Å². The lowest BCUT2D eigenvalue weighted by molar-refractivity contribution is -0.179. The summed E-state index contributed by atoms with van der Waals surface area (Å²) >= 11 is 0. The Morgan fingerprint density at radius 3 is 2.33 bits per heavy atom. The zero-order chi connectivity index (χ0) is 16.1. The number of piperidine rings is 2. The van der Waals surface area contributed by atoms with Gasteiger partial charge in [-0.05, 0) is 59.8 Å². The first-order valence-electron chi connectivity index (χ1n) is 7.83. The summed E-state index contributed by atoms with van der Waals surface area (Å²) < 4.78 is 5.50. The molecule has 3 unspecified atom stereocenters. The summed E-state index contributed by atoms with van der Waals surface area (Å²) in [5, 5.41) is 20.6. The van der Waals surface area contributed by atoms with Gasteiger partial charge in [0, 0.05) is 18.0 Å². The molecule has 1 aliphatic carbocycles. The second kappa shape index (κ2) is 5.13. The molecule has 2 aliphatic heterocycles. The molecule has 0 aromatic heterocycles. The lowest BCUT2D eigenvalue weighted by Gasteiger charge is -2.60. The average molecular weight is 299 g/mol. The quantitative estimate of drug-likeness (QED) is 0.820. The van der Waals surface area contributed by atoms with Gasteiger partial charge in [0.15, 0.2) is 0 Å². The summed E-state index contributed by atoms with van der Waals surface area (Å²) in [5.74, 6) is 0.320. The van der Waals surface area contributed by atoms with Crippen LogP contribution in [0, 0.1) is 11.3 Å². The highest BCUT2D eigenvalue weighted by Crippen LogP contribution is 2.52. The van der Waals surface area contributed by atoms with Crippen molar-refractivity contribution in [2.45, 2.75) is 71.1 Å². The Balaban J connectivity index is 2.28. The van der Waals surface area contributed by atoms with Crippen LogP contribution in [0.15, 0.2) is 0 Å². The number of carbonyl (C=O) groups is 1. The summed E-state index contributed by atoms with van der Waals surface area (Å²) in [4.78, 5) is 14.2. The lowest BCUT2D eigenvalue weighted by atomic mass is 9.56. The molecule has 0 aromatic rings. The number of aliphatic hydroxyl groups excluding tert-OH is 1. The Labute approximate surface area is 127 Å². The lowest BCUT2D eigenvalue weighted by Crippen LogP contribution is -2.68. The van der Waals surface area contributed by atoms with Gasteiger partial charge in [-0.3, -0.25) is 0 Å². The fourth-order valence-corrected chi connectivity index (χ4v) is 3.98. The van der Waals surface area contributed by atoms with Gasteiger partial charge in [-0.2, -0.15) is 0 Å². The molecule has 21 heavy (non-hydrogen) atoms. The predicted octanol–water partition coefficient (Wildman–Crippen LogP) is 2.16. The minimum atomic E-state index is -1.04. The molecular weight excluding hydrogens is 270 g/mol. The van der Waals surface area contributed by atoms with Crippen molar-refractivity contribution in [3.05, 3.63) is 0 Å². The van der Waals surface area contributed by atoms with Crippen LogP contribution in [0.3, 0.4) is 0 Å². The fraction of sp³-hybridized carbons (Fsp3) is 0.938. The number of ether oxygens (including phenoxy) is 1. The number of hydrogen-bond donors (Lipinski definition) is 2. The molecule has 3 aliphatic rings. The summed E-state index contributed by atoms with van der Waals surface area (Å²) in [6.07, 6.45) is 2.28. The van der Waals surface area contributed by atoms with E-state index in [0.717, 1.165) is 19.3 Å². The second-order valence-corrected chi connectivity index (χ2v) is 8.17. The highest BCUT2D eigenvalue weighted by molar-refractivity contribution is 5.69. The standard InChI is InChI=1S/C16H29NO4/c1-14(2,3)21-13(19)17-9-11-6-7-12(17)16(8-11,10-18)15(4,5)20/h11-12,18,20H,6-10H2,1-5H3. The largest absolute Gasteiger partial charge is 0.444 e. The van der Waals surface area contributed by atoms with Crippen molar-refractivity contribution in [1.82, 2.24) is 4.90 Å². The summed E-state index contributed by atoms with van der Waals surface area (Å²) in [7, 11) is 0. The van der Waals surface area contributed by atoms with E-state index in [4.69, 9.17) is 4.74 Å². The third kappa shape index (κ3) is 2.90. The molecule has 0 radical (unpaired) electrons. The van der Waals surface area contributed by atoms with Crippen LogP contribution in [0.25, 0.3) is 0 Å². The molecule has 0 aromatic carbocycles. The van der Waals surface area contributed by atoms with Gasteiger partial charge in [-0.25, -0.2) is 4.79 Å². The molecule has 5 heteroatoms. The smallest absolute Gasteiger partial charge is 0.410 e. The molecule has 2 saturated heterocycles. The number of fused-ring (bicyclic) bond motifs is 3. The van der Waals surface area contributed by atoms with Crippen LogP contribution in [-0.4, -0.2) is 51.6 Å². The average Bonchev–Trinajstić information content (AvgIpc) is 2.35. The topological polar surface area (TPSA) is 70.0 Å². The maximum absolute atomic E-state index is 12.5. The van der Waals surface area contributed by atoms with Crippen LogP contribution >= 0.6 is 0 Å². The molecule has 3 rings (SSSR count). The van der Waals surface area contributed by atoms with Crippen molar-refractivity contribution in [1.29, 1.82) is 0 Å². The number of amides is 1. The van der Waals surface area contributed by atoms with E-state index in [1.165, 1.54) is 0 Å². The van der Waals surface area contributed by atoms with Crippen LogP contribution < -0.4 is 0 Å². The van der Waals surface area contributed by atoms with Gasteiger partial charge in [0.2, 0.25) is 0 Å². The zero-order valence-corrected chi connectivity index (χ0v) is 13.8. The maximum atomic E-state index is 12.5. The van der Waals surface area contributed by atoms with E-state index in [9.17, 15) is 15.0 Å². The van der Waals surface area contributed by atoms with Gasteiger partial charge in [0.1, 0.15) is 5.60 Å². The Kier molecular flexibility index (Phi) is 4.04. The molecule has 1 saturated carbocycles. The normalized spacial score (nSPS) is 33.2. The SMILES string of the molecule is CC(C)(C)OC(=O)N1CC2CCC1C(CO)(C(C)(C)O)C2.